The van der Waals surface area contributed by atoms with Crippen molar-refractivity contribution in [3.63, 3.8) is 0 Å². The van der Waals surface area contributed by atoms with E-state index in [4.69, 9.17) is 41.8 Å². The Labute approximate surface area is 430 Å². The number of carboxylic acid groups (broad SMARTS) is 2. The van der Waals surface area contributed by atoms with Gasteiger partial charge in [0.2, 0.25) is 5.24 Å². The first-order valence-corrected chi connectivity index (χ1v) is 22.9. The molecule has 0 fully saturated rings. The molecule has 0 aliphatic heterocycles. The molecule has 3 aromatic carbocycles. The molecule has 0 aliphatic rings. The molecule has 0 spiro atoms. The van der Waals surface area contributed by atoms with Gasteiger partial charge in [0.1, 0.15) is 51.4 Å². The number of halogens is 1. The predicted octanol–water partition coefficient (Wildman–Crippen LogP) is 13.5. The number of carbonyl (C=O) groups excluding carboxylic acids is 5. The third kappa shape index (κ3) is 31.7. The van der Waals surface area contributed by atoms with Crippen molar-refractivity contribution in [2.45, 2.75) is 162 Å². The number of allylic oxidation sites excluding steroid dienone is 4. The normalized spacial score (nSPS) is 11.3. The average Bonchev–Trinajstić information content (AvgIpc) is 3.20. The number of hydrogen-bond donors (Lipinski definition) is 4. The van der Waals surface area contributed by atoms with E-state index in [1.807, 2.05) is 66.7 Å². The summed E-state index contributed by atoms with van der Waals surface area (Å²) in [6.45, 7) is 22.7. The van der Waals surface area contributed by atoms with Crippen LogP contribution >= 0.6 is 11.6 Å². The van der Waals surface area contributed by atoms with Gasteiger partial charge in [0.05, 0.1) is 5.92 Å². The highest BCUT2D eigenvalue weighted by Gasteiger charge is 2.27. The molecule has 0 aliphatic carbocycles. The number of aryl methyl sites for hydroxylation is 3. The van der Waals surface area contributed by atoms with Crippen LogP contribution in [0.3, 0.4) is 0 Å². The maximum Gasteiger partial charge on any atom is 0.342 e. The number of nitrogens with two attached hydrogens (primary N) is 1. The van der Waals surface area contributed by atoms with Gasteiger partial charge in [-0.2, -0.15) is 0 Å². The lowest BCUT2D eigenvalue weighted by atomic mass is 9.91. The molecule has 0 saturated carbocycles. The van der Waals surface area contributed by atoms with Gasteiger partial charge in [0.15, 0.2) is 0 Å². The number of esters is 3. The van der Waals surface area contributed by atoms with Crippen LogP contribution in [0.5, 0.6) is 17.2 Å². The second-order valence-corrected chi connectivity index (χ2v) is 18.2. The van der Waals surface area contributed by atoms with E-state index in [1.165, 1.54) is 24.3 Å². The SMILES string of the molecule is C.C.C.CC/C=C\CC(=O)CC(CC(C)C)C(=O)Oc1cc(C)ccc1C(=O)O.CC/C=C\CC(=O)Cl.Cc1ccc(C(=O)O)c(O)c1.Cc1ccc(C(=O)OC(C)(C)C)c(OC(=O)C(N)CC(C)C)c1.[HH]. The van der Waals surface area contributed by atoms with Crippen LogP contribution in [0.4, 0.5) is 0 Å². The number of Topliss-reactive ketones (excluding diaryl/α,β-unsaturated/α-hetero) is 1. The lowest BCUT2D eigenvalue weighted by Crippen LogP contribution is -2.35. The highest BCUT2D eigenvalue weighted by atomic mass is 35.5. The molecular weight excluding hydrogens is 930 g/mol. The maximum absolute atomic E-state index is 12.6. The summed E-state index contributed by atoms with van der Waals surface area (Å²) in [6.07, 6.45) is 11.0. The highest BCUT2D eigenvalue weighted by Crippen LogP contribution is 2.26. The van der Waals surface area contributed by atoms with Crippen LogP contribution in [-0.4, -0.2) is 67.8 Å². The van der Waals surface area contributed by atoms with Crippen LogP contribution in [0.1, 0.15) is 179 Å². The van der Waals surface area contributed by atoms with Crippen molar-refractivity contribution in [3.8, 4) is 17.2 Å². The largest absolute Gasteiger partial charge is 0.507 e. The molecule has 2 unspecified atom stereocenters. The third-order valence-electron chi connectivity index (χ3n) is 8.95. The summed E-state index contributed by atoms with van der Waals surface area (Å²) >= 11 is 5.02. The zero-order valence-electron chi connectivity index (χ0n) is 41.6. The van der Waals surface area contributed by atoms with Crippen molar-refractivity contribution in [1.29, 1.82) is 0 Å². The molecule has 71 heavy (non-hydrogen) atoms. The molecule has 3 aromatic rings. The summed E-state index contributed by atoms with van der Waals surface area (Å²) in [5.41, 5.74) is 7.81. The molecule has 0 radical (unpaired) electrons. The number of carboxylic acids is 2. The quantitative estimate of drug-likeness (QED) is 0.0379. The van der Waals surface area contributed by atoms with Gasteiger partial charge in [0, 0.05) is 20.7 Å². The van der Waals surface area contributed by atoms with Crippen molar-refractivity contribution in [2.75, 3.05) is 0 Å². The van der Waals surface area contributed by atoms with E-state index in [0.29, 0.717) is 25.7 Å². The zero-order chi connectivity index (χ0) is 52.3. The number of benzene rings is 3. The van der Waals surface area contributed by atoms with E-state index < -0.39 is 47.4 Å². The minimum Gasteiger partial charge on any atom is -0.507 e. The summed E-state index contributed by atoms with van der Waals surface area (Å²) in [5.74, 6) is -4.00. The van der Waals surface area contributed by atoms with Gasteiger partial charge in [-0.25, -0.2) is 19.2 Å². The molecule has 0 amide bonds. The van der Waals surface area contributed by atoms with Crippen LogP contribution < -0.4 is 15.2 Å². The Morgan fingerprint density at radius 1 is 0.648 bits per heavy atom. The van der Waals surface area contributed by atoms with Gasteiger partial charge >= 0.3 is 29.8 Å². The van der Waals surface area contributed by atoms with E-state index in [9.17, 15) is 38.7 Å². The lowest BCUT2D eigenvalue weighted by Gasteiger charge is -2.21. The standard InChI is InChI=1S/C21H28O5.C18H27NO4.C8H8O3.C6H9ClO.3CH4.H2/c1-5-6-7-8-17(22)13-16(11-14(2)3)21(25)26-19-12-15(4)9-10-18(19)20(23)24;1-11(2)9-14(19)17(21)22-15-10-12(3)7-8-13(15)16(20)23-18(4,5)6;1-5-2-3-6(8(10)11)7(9)4-5;1-2-3-4-5-6(7)8;;;;/h6-7,9-10,12,14,16H,5,8,11,13H2,1-4H3,(H,23,24);7-8,10-11,14H,9,19H2,1-6H3;2-4,9H,1H3,(H,10,11);3-4H,2,5H2,1H3;3*1H4;1H/b7-6-;;;4-3-;;;;. The number of ketones is 1. The summed E-state index contributed by atoms with van der Waals surface area (Å²) in [4.78, 5) is 80.9. The van der Waals surface area contributed by atoms with Gasteiger partial charge in [-0.05, 0) is 144 Å². The Bertz CT molecular complexity index is 2210. The summed E-state index contributed by atoms with van der Waals surface area (Å²) < 4.78 is 16.1. The molecule has 0 bridgehead atoms. The van der Waals surface area contributed by atoms with Gasteiger partial charge < -0.3 is 35.3 Å². The molecule has 3 rings (SSSR count). The number of aromatic carboxylic acids is 2. The van der Waals surface area contributed by atoms with Crippen LogP contribution in [0.15, 0.2) is 78.9 Å². The molecule has 14 nitrogen and oxygen atoms in total. The van der Waals surface area contributed by atoms with Crippen molar-refractivity contribution < 1.29 is 64.5 Å². The van der Waals surface area contributed by atoms with Gasteiger partial charge in [-0.1, -0.05) is 106 Å². The predicted molar refractivity (Wildman–Crippen MR) is 287 cm³/mol. The van der Waals surface area contributed by atoms with Gasteiger partial charge in [0.25, 0.3) is 0 Å². The number of phenols is 1. The molecule has 400 valence electrons. The molecule has 2 atom stereocenters. The minimum absolute atomic E-state index is 0. The molecule has 0 aromatic heterocycles. The molecule has 5 N–H and O–H groups in total. The fourth-order valence-corrected chi connectivity index (χ4v) is 5.91. The van der Waals surface area contributed by atoms with Crippen molar-refractivity contribution in [1.82, 2.24) is 0 Å². The molecule has 0 heterocycles. The second-order valence-electron chi connectivity index (χ2n) is 17.8. The molecule has 15 heteroatoms. The van der Waals surface area contributed by atoms with Gasteiger partial charge in [-0.15, -0.1) is 0 Å². The van der Waals surface area contributed by atoms with Crippen molar-refractivity contribution in [3.05, 3.63) is 112 Å². The van der Waals surface area contributed by atoms with Crippen molar-refractivity contribution in [2.24, 2.45) is 23.5 Å². The fourth-order valence-electron chi connectivity index (χ4n) is 5.82. The number of carbonyl (C=O) groups is 7. The molecule has 0 saturated heterocycles. The summed E-state index contributed by atoms with van der Waals surface area (Å²) in [7, 11) is 0. The van der Waals surface area contributed by atoms with Crippen LogP contribution in [0.2, 0.25) is 0 Å². The Balaban J connectivity index is -0.000000296. The summed E-state index contributed by atoms with van der Waals surface area (Å²) in [5, 5.41) is 26.5. The lowest BCUT2D eigenvalue weighted by molar-refractivity contribution is -0.141. The first kappa shape index (κ1) is 71.4. The zero-order valence-corrected chi connectivity index (χ0v) is 42.4. The second kappa shape index (κ2) is 36.8. The van der Waals surface area contributed by atoms with E-state index in [1.54, 1.807) is 71.0 Å². The maximum atomic E-state index is 12.6. The number of hydrogen-bond acceptors (Lipinski definition) is 12. The fraction of sp³-hybridized carbons (Fsp3) is 0.482. The summed E-state index contributed by atoms with van der Waals surface area (Å²) in [6, 6.07) is 13.3. The highest BCUT2D eigenvalue weighted by molar-refractivity contribution is 6.63. The minimum atomic E-state index is -1.16. The van der Waals surface area contributed by atoms with E-state index in [0.717, 1.165) is 29.5 Å². The topological polar surface area (TPSA) is 234 Å². The van der Waals surface area contributed by atoms with Crippen LogP contribution in [0.25, 0.3) is 0 Å². The number of aromatic hydroxyl groups is 1. The smallest absolute Gasteiger partial charge is 0.342 e. The van der Waals surface area contributed by atoms with E-state index in [-0.39, 0.29) is 86.9 Å². The van der Waals surface area contributed by atoms with Crippen molar-refractivity contribution >= 4 is 52.5 Å². The van der Waals surface area contributed by atoms with Gasteiger partial charge in [-0.3, -0.25) is 14.4 Å². The monoisotopic (exact) mass is 1020 g/mol. The Morgan fingerprint density at radius 3 is 1.49 bits per heavy atom. The van der Waals surface area contributed by atoms with E-state index >= 15 is 0 Å². The van der Waals surface area contributed by atoms with Crippen LogP contribution in [-0.2, 0) is 23.9 Å². The molecular formula is C56H86ClNO13. The third-order valence-corrected chi connectivity index (χ3v) is 9.10. The first-order chi connectivity index (χ1) is 31.6. The Kier molecular flexibility index (Phi) is 37.0. The first-order valence-electron chi connectivity index (χ1n) is 22.5. The average molecular weight is 1020 g/mol. The Morgan fingerprint density at radius 2 is 1.07 bits per heavy atom. The Hall–Kier alpha value is -6.12. The number of ether oxygens (including phenoxy) is 3. The van der Waals surface area contributed by atoms with E-state index in [2.05, 4.69) is 0 Å². The number of rotatable bonds is 19. The van der Waals surface area contributed by atoms with Crippen LogP contribution in [0, 0.1) is 38.5 Å².